The van der Waals surface area contributed by atoms with Crippen LogP contribution in [-0.2, 0) is 4.79 Å². The third-order valence-corrected chi connectivity index (χ3v) is 6.04. The normalized spacial score (nSPS) is 18.4. The molecule has 0 aromatic carbocycles. The minimum absolute atomic E-state index is 0.0444. The Kier molecular flexibility index (Phi) is 15.3. The van der Waals surface area contributed by atoms with E-state index in [0.29, 0.717) is 17.6 Å². The van der Waals surface area contributed by atoms with Crippen molar-refractivity contribution in [3.05, 3.63) is 24.6 Å². The summed E-state index contributed by atoms with van der Waals surface area (Å²) in [4.78, 5) is 15.7. The lowest BCUT2D eigenvalue weighted by atomic mass is 10.0. The van der Waals surface area contributed by atoms with E-state index in [9.17, 15) is 9.90 Å². The predicted octanol–water partition coefficient (Wildman–Crippen LogP) is 6.16. The van der Waals surface area contributed by atoms with Crippen LogP contribution in [0.1, 0.15) is 103 Å². The molecule has 5 nitrogen and oxygen atoms in total. The molecule has 1 atom stereocenters. The first-order valence-electron chi connectivity index (χ1n) is 12.3. The van der Waals surface area contributed by atoms with Gasteiger partial charge in [0.15, 0.2) is 6.54 Å². The second kappa shape index (κ2) is 17.2. The number of allylic oxidation sites excluding steroid dienone is 2. The number of nitrogens with zero attached hydrogens (tertiary/aromatic N) is 2. The first kappa shape index (κ1) is 26.6. The Morgan fingerprint density at radius 2 is 1.50 bits per heavy atom. The molecule has 0 aliphatic carbocycles. The van der Waals surface area contributed by atoms with Gasteiger partial charge in [-0.25, -0.2) is 14.3 Å². The van der Waals surface area contributed by atoms with Gasteiger partial charge in [0.05, 0.1) is 6.20 Å². The molecule has 172 valence electrons. The summed E-state index contributed by atoms with van der Waals surface area (Å²) >= 11 is 0. The maximum atomic E-state index is 11.3. The third kappa shape index (κ3) is 11.7. The Morgan fingerprint density at radius 1 is 0.967 bits per heavy atom. The van der Waals surface area contributed by atoms with Crippen LogP contribution >= 0.6 is 0 Å². The largest absolute Gasteiger partial charge is 0.477 e. The van der Waals surface area contributed by atoms with Gasteiger partial charge in [-0.15, -0.1) is 0 Å². The molecule has 1 heterocycles. The SMILES string of the molecule is C/C=C/CCCCCCCCCCCCCCCC1=NC=C[N+]1(CCN)CC(=O)O. The van der Waals surface area contributed by atoms with Crippen LogP contribution < -0.4 is 5.73 Å². The number of unbranched alkanes of at least 4 members (excludes halogenated alkanes) is 13. The van der Waals surface area contributed by atoms with Gasteiger partial charge in [0.1, 0.15) is 12.7 Å². The molecule has 5 heteroatoms. The van der Waals surface area contributed by atoms with E-state index in [-0.39, 0.29) is 6.54 Å². The van der Waals surface area contributed by atoms with E-state index in [1.54, 1.807) is 6.20 Å². The number of carboxylic acid groups (broad SMARTS) is 1. The lowest BCUT2D eigenvalue weighted by Gasteiger charge is -2.30. The molecule has 30 heavy (non-hydrogen) atoms. The fourth-order valence-electron chi connectivity index (χ4n) is 4.29. The van der Waals surface area contributed by atoms with Gasteiger partial charge in [0.25, 0.3) is 0 Å². The quantitative estimate of drug-likeness (QED) is 0.141. The molecule has 1 aliphatic rings. The number of amidine groups is 1. The van der Waals surface area contributed by atoms with Crippen LogP contribution in [0.3, 0.4) is 0 Å². The Morgan fingerprint density at radius 3 is 2.00 bits per heavy atom. The molecule has 0 amide bonds. The maximum absolute atomic E-state index is 11.3. The lowest BCUT2D eigenvalue weighted by molar-refractivity contribution is -0.778. The second-order valence-electron chi connectivity index (χ2n) is 8.65. The summed E-state index contributed by atoms with van der Waals surface area (Å²) in [6, 6.07) is 0. The van der Waals surface area contributed by atoms with Crippen molar-refractivity contribution in [2.75, 3.05) is 19.6 Å². The van der Waals surface area contributed by atoms with Crippen molar-refractivity contribution in [1.82, 2.24) is 0 Å². The average molecular weight is 421 g/mol. The molecule has 0 fully saturated rings. The highest BCUT2D eigenvalue weighted by Crippen LogP contribution is 2.21. The number of hydrogen-bond acceptors (Lipinski definition) is 3. The zero-order chi connectivity index (χ0) is 21.9. The van der Waals surface area contributed by atoms with Crippen LogP contribution in [0.5, 0.6) is 0 Å². The zero-order valence-electron chi connectivity index (χ0n) is 19.4. The maximum Gasteiger partial charge on any atom is 0.360 e. The fraction of sp³-hybridized carbons (Fsp3) is 0.760. The molecule has 3 N–H and O–H groups in total. The standard InChI is InChI=1S/C25H45N3O2/c1-2-3-4-5-6-7-8-9-10-11-12-13-14-15-16-17-18-24-27-20-22-28(24,21-19-26)23-25(29)30/h2-3,20,22H,4-19,21,23,26H2,1H3/p+1/b3-2+. The van der Waals surface area contributed by atoms with Gasteiger partial charge in [0.2, 0.25) is 5.84 Å². The number of carboxylic acids is 1. The van der Waals surface area contributed by atoms with Gasteiger partial charge in [-0.2, -0.15) is 0 Å². The van der Waals surface area contributed by atoms with Gasteiger partial charge in [-0.05, 0) is 26.2 Å². The van der Waals surface area contributed by atoms with E-state index in [1.165, 1.54) is 83.5 Å². The van der Waals surface area contributed by atoms with Crippen LogP contribution in [0.4, 0.5) is 0 Å². The monoisotopic (exact) mass is 420 g/mol. The van der Waals surface area contributed by atoms with Crippen molar-refractivity contribution in [1.29, 1.82) is 0 Å². The molecule has 0 bridgehead atoms. The molecule has 1 unspecified atom stereocenters. The number of carbonyl (C=O) groups is 1. The molecule has 0 radical (unpaired) electrons. The number of hydrogen-bond donors (Lipinski definition) is 2. The summed E-state index contributed by atoms with van der Waals surface area (Å²) in [6.07, 6.45) is 27.5. The van der Waals surface area contributed by atoms with Crippen LogP contribution in [0.15, 0.2) is 29.5 Å². The Hall–Kier alpha value is -1.46. The smallest absolute Gasteiger partial charge is 0.360 e. The minimum Gasteiger partial charge on any atom is -0.477 e. The van der Waals surface area contributed by atoms with Crippen molar-refractivity contribution in [3.8, 4) is 0 Å². The van der Waals surface area contributed by atoms with E-state index in [1.807, 2.05) is 6.20 Å². The highest BCUT2D eigenvalue weighted by Gasteiger charge is 2.36. The van der Waals surface area contributed by atoms with E-state index >= 15 is 0 Å². The minimum atomic E-state index is -0.799. The van der Waals surface area contributed by atoms with Crippen molar-refractivity contribution >= 4 is 11.8 Å². The lowest BCUT2D eigenvalue weighted by Crippen LogP contribution is -2.52. The Bertz CT molecular complexity index is 543. The highest BCUT2D eigenvalue weighted by atomic mass is 16.4. The van der Waals surface area contributed by atoms with E-state index in [2.05, 4.69) is 24.1 Å². The third-order valence-electron chi connectivity index (χ3n) is 6.04. The van der Waals surface area contributed by atoms with Gasteiger partial charge >= 0.3 is 5.97 Å². The van der Waals surface area contributed by atoms with Crippen molar-refractivity contribution in [2.24, 2.45) is 10.7 Å². The summed E-state index contributed by atoms with van der Waals surface area (Å²) in [5.74, 6) is 0.164. The highest BCUT2D eigenvalue weighted by molar-refractivity contribution is 5.81. The first-order chi connectivity index (χ1) is 14.6. The molecule has 1 aliphatic heterocycles. The predicted molar refractivity (Wildman–Crippen MR) is 127 cm³/mol. The number of rotatable bonds is 20. The van der Waals surface area contributed by atoms with Gasteiger partial charge in [-0.1, -0.05) is 82.8 Å². The molecule has 0 aromatic rings. The summed E-state index contributed by atoms with van der Waals surface area (Å²) < 4.78 is 0.307. The van der Waals surface area contributed by atoms with Crippen LogP contribution in [0.25, 0.3) is 0 Å². The van der Waals surface area contributed by atoms with E-state index in [0.717, 1.165) is 18.7 Å². The molecule has 0 spiro atoms. The topological polar surface area (TPSA) is 75.7 Å². The fourth-order valence-corrected chi connectivity index (χ4v) is 4.29. The Balaban J connectivity index is 1.97. The molecule has 0 aromatic heterocycles. The van der Waals surface area contributed by atoms with Crippen molar-refractivity contribution in [3.63, 3.8) is 0 Å². The van der Waals surface area contributed by atoms with Crippen LogP contribution in [0.2, 0.25) is 0 Å². The number of quaternary nitrogens is 1. The first-order valence-corrected chi connectivity index (χ1v) is 12.3. The van der Waals surface area contributed by atoms with Gasteiger partial charge in [-0.3, -0.25) is 0 Å². The number of aliphatic carboxylic acids is 1. The molecule has 0 saturated heterocycles. The number of nitrogens with two attached hydrogens (primary N) is 1. The second-order valence-corrected chi connectivity index (χ2v) is 8.65. The molecule has 0 saturated carbocycles. The summed E-state index contributed by atoms with van der Waals surface area (Å²) in [7, 11) is 0. The summed E-state index contributed by atoms with van der Waals surface area (Å²) in [5.41, 5.74) is 5.72. The average Bonchev–Trinajstić information content (AvgIpc) is 3.09. The molecular formula is C25H46N3O2+. The van der Waals surface area contributed by atoms with Crippen LogP contribution in [-0.4, -0.2) is 41.0 Å². The number of aliphatic imine (C=N–C) groups is 1. The molecular weight excluding hydrogens is 374 g/mol. The van der Waals surface area contributed by atoms with E-state index in [4.69, 9.17) is 5.73 Å². The summed E-state index contributed by atoms with van der Waals surface area (Å²) in [5, 5.41) is 9.25. The van der Waals surface area contributed by atoms with Crippen molar-refractivity contribution in [2.45, 2.75) is 103 Å². The van der Waals surface area contributed by atoms with Crippen LogP contribution in [0, 0.1) is 0 Å². The Labute approximate surface area is 184 Å². The summed E-state index contributed by atoms with van der Waals surface area (Å²) in [6.45, 7) is 3.22. The molecule has 1 rings (SSSR count). The van der Waals surface area contributed by atoms with Gasteiger partial charge < -0.3 is 10.8 Å². The zero-order valence-corrected chi connectivity index (χ0v) is 19.4. The van der Waals surface area contributed by atoms with Gasteiger partial charge in [0, 0.05) is 13.0 Å². The van der Waals surface area contributed by atoms with E-state index < -0.39 is 5.97 Å². The van der Waals surface area contributed by atoms with Crippen molar-refractivity contribution < 1.29 is 14.4 Å².